The predicted octanol–water partition coefficient (Wildman–Crippen LogP) is 6.77. The molecule has 0 fully saturated rings. The molecule has 0 spiro atoms. The molecular formula is C26H19F4N3O. The van der Waals surface area contributed by atoms with Gasteiger partial charge in [-0.1, -0.05) is 36.4 Å². The zero-order chi connectivity index (χ0) is 23.9. The highest BCUT2D eigenvalue weighted by atomic mass is 19.4. The number of urea groups is 1. The van der Waals surface area contributed by atoms with Crippen molar-refractivity contribution in [3.63, 3.8) is 0 Å². The van der Waals surface area contributed by atoms with Gasteiger partial charge in [0.25, 0.3) is 0 Å². The Kier molecular flexibility index (Phi) is 5.36. The molecule has 4 aromatic rings. The minimum Gasteiger partial charge on any atom is -0.318 e. The van der Waals surface area contributed by atoms with Crippen LogP contribution in [0.2, 0.25) is 0 Å². The first kappa shape index (κ1) is 21.8. The van der Waals surface area contributed by atoms with E-state index in [0.29, 0.717) is 5.56 Å². The molecule has 1 aliphatic heterocycles. The number of hydrogen-bond acceptors (Lipinski definition) is 1. The summed E-state index contributed by atoms with van der Waals surface area (Å²) in [6.07, 6.45) is -2.64. The number of amides is 2. The van der Waals surface area contributed by atoms with Gasteiger partial charge in [-0.2, -0.15) is 13.2 Å². The maximum atomic E-state index is 13.7. The summed E-state index contributed by atoms with van der Waals surface area (Å²) in [5.41, 5.74) is 2.39. The van der Waals surface area contributed by atoms with Crippen molar-refractivity contribution < 1.29 is 22.4 Å². The van der Waals surface area contributed by atoms with Crippen molar-refractivity contribution in [3.05, 3.63) is 119 Å². The summed E-state index contributed by atoms with van der Waals surface area (Å²) < 4.78 is 55.2. The molecule has 1 aliphatic rings. The Labute approximate surface area is 193 Å². The lowest BCUT2D eigenvalue weighted by Gasteiger charge is -2.31. The summed E-state index contributed by atoms with van der Waals surface area (Å²) in [4.78, 5) is 15.1. The Hall–Kier alpha value is -4.07. The molecule has 0 radical (unpaired) electrons. The van der Waals surface area contributed by atoms with Gasteiger partial charge in [0.15, 0.2) is 0 Å². The van der Waals surface area contributed by atoms with Crippen LogP contribution in [0.3, 0.4) is 0 Å². The van der Waals surface area contributed by atoms with Gasteiger partial charge in [0.05, 0.1) is 23.8 Å². The number of rotatable bonds is 2. The number of halogens is 4. The minimum atomic E-state index is -4.53. The SMILES string of the molecule is O=C(Nc1cccc(C(F)(F)F)c1)N1Cc2ccccc2-n2cccc2[C@@H]1c1ccc(F)cc1. The topological polar surface area (TPSA) is 37.3 Å². The second kappa shape index (κ2) is 8.37. The van der Waals surface area contributed by atoms with E-state index in [2.05, 4.69) is 5.32 Å². The van der Waals surface area contributed by atoms with E-state index in [0.717, 1.165) is 29.1 Å². The summed E-state index contributed by atoms with van der Waals surface area (Å²) in [6.45, 7) is 0.199. The first-order valence-corrected chi connectivity index (χ1v) is 10.6. The lowest BCUT2D eigenvalue weighted by molar-refractivity contribution is -0.137. The van der Waals surface area contributed by atoms with E-state index < -0.39 is 29.6 Å². The normalized spacial score (nSPS) is 15.3. The lowest BCUT2D eigenvalue weighted by atomic mass is 10.0. The van der Waals surface area contributed by atoms with Gasteiger partial charge >= 0.3 is 12.2 Å². The quantitative estimate of drug-likeness (QED) is 0.326. The third kappa shape index (κ3) is 4.03. The van der Waals surface area contributed by atoms with Crippen molar-refractivity contribution in [3.8, 4) is 5.69 Å². The van der Waals surface area contributed by atoms with Crippen molar-refractivity contribution in [2.45, 2.75) is 18.8 Å². The molecule has 1 N–H and O–H groups in total. The van der Waals surface area contributed by atoms with E-state index >= 15 is 0 Å². The molecule has 3 aromatic carbocycles. The van der Waals surface area contributed by atoms with E-state index in [1.54, 1.807) is 17.0 Å². The molecule has 172 valence electrons. The monoisotopic (exact) mass is 465 g/mol. The molecule has 0 saturated carbocycles. The van der Waals surface area contributed by atoms with Gasteiger partial charge in [-0.05, 0) is 59.7 Å². The number of aromatic nitrogens is 1. The van der Waals surface area contributed by atoms with Crippen molar-refractivity contribution >= 4 is 11.7 Å². The number of fused-ring (bicyclic) bond motifs is 3. The molecule has 0 aliphatic carbocycles. The molecule has 5 rings (SSSR count). The summed E-state index contributed by atoms with van der Waals surface area (Å²) in [5.74, 6) is -0.406. The number of carbonyl (C=O) groups excluding carboxylic acids is 1. The second-order valence-electron chi connectivity index (χ2n) is 8.02. The Morgan fingerprint density at radius 2 is 1.68 bits per heavy atom. The van der Waals surface area contributed by atoms with Crippen LogP contribution in [0.1, 0.15) is 28.4 Å². The summed E-state index contributed by atoms with van der Waals surface area (Å²) in [5, 5.41) is 2.62. The Morgan fingerprint density at radius 3 is 2.44 bits per heavy atom. The number of hydrogen-bond donors (Lipinski definition) is 1. The van der Waals surface area contributed by atoms with Gasteiger partial charge in [-0.15, -0.1) is 0 Å². The van der Waals surface area contributed by atoms with Crippen molar-refractivity contribution in [2.24, 2.45) is 0 Å². The van der Waals surface area contributed by atoms with Gasteiger partial charge in [-0.3, -0.25) is 0 Å². The molecule has 0 saturated heterocycles. The van der Waals surface area contributed by atoms with E-state index in [9.17, 15) is 22.4 Å². The van der Waals surface area contributed by atoms with Crippen LogP contribution in [0.5, 0.6) is 0 Å². The zero-order valence-electron chi connectivity index (χ0n) is 17.8. The van der Waals surface area contributed by atoms with Gasteiger partial charge in [0, 0.05) is 17.6 Å². The number of alkyl halides is 3. The number of nitrogens with zero attached hydrogens (tertiary/aromatic N) is 2. The molecule has 1 aromatic heterocycles. The molecule has 2 amide bonds. The van der Waals surface area contributed by atoms with Crippen LogP contribution in [0.4, 0.5) is 28.0 Å². The molecule has 0 bridgehead atoms. The number of anilines is 1. The van der Waals surface area contributed by atoms with Crippen LogP contribution < -0.4 is 5.32 Å². The molecule has 8 heteroatoms. The Bertz CT molecular complexity index is 1340. The van der Waals surface area contributed by atoms with Crippen LogP contribution in [0.15, 0.2) is 91.1 Å². The van der Waals surface area contributed by atoms with Gasteiger partial charge in [0.1, 0.15) is 5.82 Å². The Balaban J connectivity index is 1.59. The molecule has 0 unspecified atom stereocenters. The van der Waals surface area contributed by atoms with Gasteiger partial charge < -0.3 is 14.8 Å². The zero-order valence-corrected chi connectivity index (χ0v) is 17.8. The fourth-order valence-corrected chi connectivity index (χ4v) is 4.30. The number of carbonyl (C=O) groups is 1. The highest BCUT2D eigenvalue weighted by Crippen LogP contribution is 2.37. The van der Waals surface area contributed by atoms with E-state index in [-0.39, 0.29) is 12.2 Å². The van der Waals surface area contributed by atoms with E-state index in [1.165, 1.54) is 24.3 Å². The fourth-order valence-electron chi connectivity index (χ4n) is 4.30. The number of benzene rings is 3. The minimum absolute atomic E-state index is 0.0330. The number of para-hydroxylation sites is 1. The third-order valence-electron chi connectivity index (χ3n) is 5.85. The van der Waals surface area contributed by atoms with Crippen LogP contribution >= 0.6 is 0 Å². The second-order valence-corrected chi connectivity index (χ2v) is 8.02. The third-order valence-corrected chi connectivity index (χ3v) is 5.85. The maximum absolute atomic E-state index is 13.7. The number of nitrogens with one attached hydrogen (secondary N) is 1. The van der Waals surface area contributed by atoms with E-state index in [1.807, 2.05) is 47.2 Å². The lowest BCUT2D eigenvalue weighted by Crippen LogP contribution is -2.38. The van der Waals surface area contributed by atoms with Crippen LogP contribution in [0, 0.1) is 5.82 Å². The van der Waals surface area contributed by atoms with E-state index in [4.69, 9.17) is 0 Å². The fraction of sp³-hybridized carbons (Fsp3) is 0.115. The van der Waals surface area contributed by atoms with Crippen molar-refractivity contribution in [1.29, 1.82) is 0 Å². The molecule has 1 atom stereocenters. The summed E-state index contributed by atoms with van der Waals surface area (Å²) in [6, 6.07) is 20.5. The van der Waals surface area contributed by atoms with Crippen LogP contribution in [-0.4, -0.2) is 15.5 Å². The average Bonchev–Trinajstić information content (AvgIpc) is 3.24. The van der Waals surface area contributed by atoms with Crippen molar-refractivity contribution in [2.75, 3.05) is 5.32 Å². The smallest absolute Gasteiger partial charge is 0.318 e. The Morgan fingerprint density at radius 1 is 0.912 bits per heavy atom. The van der Waals surface area contributed by atoms with Gasteiger partial charge in [-0.25, -0.2) is 9.18 Å². The predicted molar refractivity (Wildman–Crippen MR) is 120 cm³/mol. The van der Waals surface area contributed by atoms with Crippen molar-refractivity contribution in [1.82, 2.24) is 9.47 Å². The molecule has 2 heterocycles. The standard InChI is InChI=1S/C26H19F4N3O/c27-20-12-10-17(11-13-20)24-23-9-4-14-32(23)22-8-2-1-5-18(22)16-33(24)25(34)31-21-7-3-6-19(15-21)26(28,29)30/h1-15,24H,16H2,(H,31,34)/t24-/m0/s1. The first-order chi connectivity index (χ1) is 16.3. The van der Waals surface area contributed by atoms with Gasteiger partial charge in [0.2, 0.25) is 0 Å². The summed E-state index contributed by atoms with van der Waals surface area (Å²) >= 11 is 0. The average molecular weight is 465 g/mol. The molecule has 34 heavy (non-hydrogen) atoms. The largest absolute Gasteiger partial charge is 0.416 e. The highest BCUT2D eigenvalue weighted by Gasteiger charge is 2.34. The van der Waals surface area contributed by atoms with Crippen LogP contribution in [-0.2, 0) is 12.7 Å². The molecule has 4 nitrogen and oxygen atoms in total. The molecular weight excluding hydrogens is 446 g/mol. The summed E-state index contributed by atoms with van der Waals surface area (Å²) in [7, 11) is 0. The highest BCUT2D eigenvalue weighted by molar-refractivity contribution is 5.90. The first-order valence-electron chi connectivity index (χ1n) is 10.6. The van der Waals surface area contributed by atoms with Crippen LogP contribution in [0.25, 0.3) is 5.69 Å². The maximum Gasteiger partial charge on any atom is 0.416 e.